The summed E-state index contributed by atoms with van der Waals surface area (Å²) in [4.78, 5) is 24.5. The van der Waals surface area contributed by atoms with Crippen LogP contribution in [0.2, 0.25) is 0 Å². The Kier molecular flexibility index (Phi) is 11.1. The lowest BCUT2D eigenvalue weighted by Gasteiger charge is -2.22. The first-order chi connectivity index (χ1) is 11.7. The van der Waals surface area contributed by atoms with Crippen LogP contribution in [0.4, 0.5) is 0 Å². The number of nitrogens with one attached hydrogen (secondary N) is 1. The number of hydrogen-bond acceptors (Lipinski definition) is 3. The van der Waals surface area contributed by atoms with Crippen molar-refractivity contribution >= 4 is 19.8 Å². The van der Waals surface area contributed by atoms with E-state index < -0.39 is 0 Å². The first-order valence-corrected chi connectivity index (χ1v) is 10.2. The summed E-state index contributed by atoms with van der Waals surface area (Å²) >= 11 is 0. The first-order valence-electron chi connectivity index (χ1n) is 10.2. The van der Waals surface area contributed by atoms with Crippen molar-refractivity contribution in [1.82, 2.24) is 10.3 Å². The van der Waals surface area contributed by atoms with Crippen LogP contribution in [-0.4, -0.2) is 24.8 Å². The zero-order valence-electron chi connectivity index (χ0n) is 16.1. The van der Waals surface area contributed by atoms with Crippen LogP contribution in [0.15, 0.2) is 0 Å². The van der Waals surface area contributed by atoms with Crippen molar-refractivity contribution in [3.05, 3.63) is 0 Å². The smallest absolute Gasteiger partial charge is 0.246 e. The summed E-state index contributed by atoms with van der Waals surface area (Å²) in [5, 5.41) is 3.98. The molecule has 1 heterocycles. The molecular weight excluding hydrogens is 299 g/mol. The number of carbonyl (C=O) groups is 2. The maximum absolute atomic E-state index is 12.5. The maximum atomic E-state index is 12.5. The van der Waals surface area contributed by atoms with Crippen LogP contribution in [-0.2, 0) is 9.59 Å². The van der Waals surface area contributed by atoms with E-state index in [0.29, 0.717) is 12.3 Å². The van der Waals surface area contributed by atoms with Crippen LogP contribution in [0.1, 0.15) is 97.3 Å². The highest BCUT2D eigenvalue weighted by Crippen LogP contribution is 2.33. The molecule has 0 aromatic heterocycles. The van der Waals surface area contributed by atoms with Crippen molar-refractivity contribution in [1.29, 1.82) is 0 Å². The summed E-state index contributed by atoms with van der Waals surface area (Å²) in [6.45, 7) is 4.46. The van der Waals surface area contributed by atoms with Gasteiger partial charge in [0, 0.05) is 6.42 Å². The third-order valence-corrected chi connectivity index (χ3v) is 5.33. The molecule has 0 aromatic rings. The van der Waals surface area contributed by atoms with E-state index in [-0.39, 0.29) is 17.7 Å². The second kappa shape index (κ2) is 12.5. The summed E-state index contributed by atoms with van der Waals surface area (Å²) in [5.74, 6) is 0.217. The van der Waals surface area contributed by atoms with E-state index in [0.717, 1.165) is 12.8 Å². The zero-order chi connectivity index (χ0) is 17.8. The molecule has 24 heavy (non-hydrogen) atoms. The largest absolute Gasteiger partial charge is 0.274 e. The van der Waals surface area contributed by atoms with E-state index >= 15 is 0 Å². The van der Waals surface area contributed by atoms with Crippen molar-refractivity contribution < 1.29 is 9.59 Å². The van der Waals surface area contributed by atoms with Gasteiger partial charge >= 0.3 is 0 Å². The third kappa shape index (κ3) is 6.96. The van der Waals surface area contributed by atoms with Gasteiger partial charge in [0.25, 0.3) is 0 Å². The van der Waals surface area contributed by atoms with Gasteiger partial charge in [0.15, 0.2) is 0 Å². The molecule has 1 fully saturated rings. The Morgan fingerprint density at radius 1 is 0.958 bits per heavy atom. The second-order valence-corrected chi connectivity index (χ2v) is 7.27. The van der Waals surface area contributed by atoms with Gasteiger partial charge in [0.05, 0.1) is 5.92 Å². The number of amides is 2. The van der Waals surface area contributed by atoms with Crippen molar-refractivity contribution in [3.63, 3.8) is 0 Å². The van der Waals surface area contributed by atoms with Crippen LogP contribution in [0.3, 0.4) is 0 Å². The molecule has 0 bridgehead atoms. The molecule has 5 heteroatoms. The van der Waals surface area contributed by atoms with E-state index in [1.807, 2.05) is 0 Å². The fourth-order valence-corrected chi connectivity index (χ4v) is 3.83. The number of nitrogens with zero attached hydrogens (tertiary/aromatic N) is 1. The molecule has 2 amide bonds. The summed E-state index contributed by atoms with van der Waals surface area (Å²) in [6, 6.07) is 0. The lowest BCUT2D eigenvalue weighted by atomic mass is 9.82. The van der Waals surface area contributed by atoms with E-state index in [1.165, 1.54) is 69.2 Å². The van der Waals surface area contributed by atoms with Crippen LogP contribution in [0, 0.1) is 11.8 Å². The van der Waals surface area contributed by atoms with Gasteiger partial charge in [-0.2, -0.15) is 0 Å². The van der Waals surface area contributed by atoms with Gasteiger partial charge in [-0.1, -0.05) is 78.1 Å². The topological polar surface area (TPSA) is 49.4 Å². The summed E-state index contributed by atoms with van der Waals surface area (Å²) in [7, 11) is 1.66. The zero-order valence-corrected chi connectivity index (χ0v) is 16.1. The van der Waals surface area contributed by atoms with E-state index in [1.54, 1.807) is 7.98 Å². The molecule has 0 aromatic carbocycles. The predicted molar refractivity (Wildman–Crippen MR) is 102 cm³/mol. The molecular formula is C19H37BN2O2. The van der Waals surface area contributed by atoms with Crippen LogP contribution < -0.4 is 5.34 Å². The highest BCUT2D eigenvalue weighted by Gasteiger charge is 2.41. The van der Waals surface area contributed by atoms with Crippen LogP contribution in [0.5, 0.6) is 0 Å². The maximum Gasteiger partial charge on any atom is 0.246 e. The van der Waals surface area contributed by atoms with Gasteiger partial charge in [-0.3, -0.25) is 14.9 Å². The molecule has 0 radical (unpaired) electrons. The number of unbranched alkanes of at least 4 members (excludes halogenated alkanes) is 8. The number of imide groups is 1. The molecule has 0 spiro atoms. The van der Waals surface area contributed by atoms with E-state index in [9.17, 15) is 9.59 Å². The van der Waals surface area contributed by atoms with Crippen molar-refractivity contribution in [2.75, 3.05) is 0 Å². The molecule has 138 valence electrons. The fourth-order valence-electron chi connectivity index (χ4n) is 3.83. The summed E-state index contributed by atoms with van der Waals surface area (Å²) in [6.07, 6.45) is 15.2. The minimum absolute atomic E-state index is 0.00498. The molecule has 1 saturated heterocycles. The van der Waals surface area contributed by atoms with Gasteiger partial charge in [0.1, 0.15) is 0 Å². The highest BCUT2D eigenvalue weighted by atomic mass is 16.2. The standard InChI is InChI=1S/C19H37BN2O2/c1-3-5-7-9-11-13-16(14-12-10-8-6-4-2)17-15-18(23)22(21-20)19(17)24/h16-17,21H,3-15,20H2,1-2H3. The quantitative estimate of drug-likeness (QED) is 0.299. The van der Waals surface area contributed by atoms with Gasteiger partial charge in [-0.25, -0.2) is 5.01 Å². The minimum atomic E-state index is -0.0951. The Balaban J connectivity index is 2.50. The minimum Gasteiger partial charge on any atom is -0.274 e. The van der Waals surface area contributed by atoms with Crippen molar-refractivity contribution in [3.8, 4) is 0 Å². The van der Waals surface area contributed by atoms with Gasteiger partial charge in [-0.05, 0) is 18.8 Å². The molecule has 4 nitrogen and oxygen atoms in total. The molecule has 0 saturated carbocycles. The monoisotopic (exact) mass is 336 g/mol. The van der Waals surface area contributed by atoms with Crippen LogP contribution in [0.25, 0.3) is 0 Å². The molecule has 1 aliphatic rings. The molecule has 1 aliphatic heterocycles. The number of rotatable bonds is 14. The summed E-state index contributed by atoms with van der Waals surface area (Å²) < 4.78 is 0. The Hall–Kier alpha value is -0.835. The van der Waals surface area contributed by atoms with Crippen molar-refractivity contribution in [2.24, 2.45) is 11.8 Å². The second-order valence-electron chi connectivity index (χ2n) is 7.27. The predicted octanol–water partition coefficient (Wildman–Crippen LogP) is 3.75. The van der Waals surface area contributed by atoms with Gasteiger partial charge < -0.3 is 0 Å². The molecule has 1 N–H and O–H groups in total. The Morgan fingerprint density at radius 3 is 1.88 bits per heavy atom. The van der Waals surface area contributed by atoms with E-state index in [2.05, 4.69) is 19.2 Å². The van der Waals surface area contributed by atoms with Gasteiger partial charge in [0.2, 0.25) is 19.8 Å². The normalized spacial score (nSPS) is 18.1. The average molecular weight is 336 g/mol. The van der Waals surface area contributed by atoms with Gasteiger partial charge in [-0.15, -0.1) is 0 Å². The molecule has 1 unspecified atom stereocenters. The Bertz CT molecular complexity index is 362. The molecule has 1 rings (SSSR count). The molecule has 0 aliphatic carbocycles. The number of hydrogen-bond donors (Lipinski definition) is 1. The van der Waals surface area contributed by atoms with E-state index in [4.69, 9.17) is 0 Å². The van der Waals surface area contributed by atoms with Crippen LogP contribution >= 0.6 is 0 Å². The number of carbonyl (C=O) groups excluding carboxylic acids is 2. The number of hydrazine groups is 1. The Morgan fingerprint density at radius 2 is 1.46 bits per heavy atom. The highest BCUT2D eigenvalue weighted by molar-refractivity contribution is 6.10. The SMILES string of the molecule is BNN1C(=O)CC(C(CCCCCCC)CCCCCCC)C1=O. The average Bonchev–Trinajstić information content (AvgIpc) is 2.86. The third-order valence-electron chi connectivity index (χ3n) is 5.33. The van der Waals surface area contributed by atoms with Crippen molar-refractivity contribution in [2.45, 2.75) is 97.3 Å². The Labute approximate surface area is 149 Å². The fraction of sp³-hybridized carbons (Fsp3) is 0.895. The summed E-state index contributed by atoms with van der Waals surface area (Å²) in [5.41, 5.74) is 0. The lowest BCUT2D eigenvalue weighted by Crippen LogP contribution is -2.42. The lowest BCUT2D eigenvalue weighted by molar-refractivity contribution is -0.141. The first kappa shape index (κ1) is 21.2. The molecule has 1 atom stereocenters.